The number of nitrogens with one attached hydrogen (secondary N) is 1. The molecular weight excluding hydrogens is 222 g/mol. The summed E-state index contributed by atoms with van der Waals surface area (Å²) in [6.07, 6.45) is 2.89. The van der Waals surface area contributed by atoms with Gasteiger partial charge in [0, 0.05) is 6.20 Å². The second-order valence-electron chi connectivity index (χ2n) is 5.13. The van der Waals surface area contributed by atoms with Crippen molar-refractivity contribution in [1.82, 2.24) is 10.2 Å². The van der Waals surface area contributed by atoms with E-state index in [1.165, 1.54) is 6.08 Å². The lowest BCUT2D eigenvalue weighted by atomic mass is 9.87. The Bertz CT molecular complexity index is 413. The Morgan fingerprint density at radius 2 is 1.94 bits per heavy atom. The molecule has 0 unspecified atom stereocenters. The third-order valence-corrected chi connectivity index (χ3v) is 3.29. The van der Waals surface area contributed by atoms with E-state index in [0.29, 0.717) is 5.69 Å². The lowest BCUT2D eigenvalue weighted by Crippen LogP contribution is -2.41. The van der Waals surface area contributed by atoms with E-state index in [0.717, 1.165) is 0 Å². The van der Waals surface area contributed by atoms with E-state index >= 15 is 0 Å². The Balaban J connectivity index is 2.16. The molecule has 2 heterocycles. The summed E-state index contributed by atoms with van der Waals surface area (Å²) in [4.78, 5) is 0. The summed E-state index contributed by atoms with van der Waals surface area (Å²) in [7, 11) is -0.955. The highest BCUT2D eigenvalue weighted by Crippen LogP contribution is 2.38. The quantitative estimate of drug-likeness (QED) is 0.804. The van der Waals surface area contributed by atoms with E-state index in [9.17, 15) is 4.39 Å². The van der Waals surface area contributed by atoms with Crippen LogP contribution in [0.2, 0.25) is 0 Å². The van der Waals surface area contributed by atoms with Gasteiger partial charge in [0.1, 0.15) is 5.73 Å². The molecule has 6 heteroatoms. The minimum atomic E-state index is -0.955. The summed E-state index contributed by atoms with van der Waals surface area (Å²) < 4.78 is 25.1. The van der Waals surface area contributed by atoms with Gasteiger partial charge in [0.05, 0.1) is 16.9 Å². The molecule has 0 radical (unpaired) electrons. The first-order chi connectivity index (χ1) is 7.82. The highest BCUT2D eigenvalue weighted by Gasteiger charge is 2.53. The molecule has 1 fully saturated rings. The third-order valence-electron chi connectivity index (χ3n) is 3.29. The second kappa shape index (κ2) is 3.96. The fraction of sp³-hybridized carbons (Fsp3) is 0.545. The number of hydrogen-bond donors (Lipinski definition) is 1. The van der Waals surface area contributed by atoms with Crippen molar-refractivity contribution in [1.29, 1.82) is 0 Å². The molecule has 0 aliphatic carbocycles. The van der Waals surface area contributed by atoms with Gasteiger partial charge in [-0.2, -0.15) is 5.10 Å². The maximum Gasteiger partial charge on any atom is 0.525 e. The molecule has 0 saturated carbocycles. The first kappa shape index (κ1) is 12.3. The van der Waals surface area contributed by atoms with Crippen molar-refractivity contribution < 1.29 is 13.7 Å². The van der Waals surface area contributed by atoms with Gasteiger partial charge in [0.25, 0.3) is 0 Å². The van der Waals surface area contributed by atoms with Crippen LogP contribution in [0.4, 0.5) is 4.39 Å². The number of halogens is 1. The number of nitrogens with zero attached hydrogens (tertiary/aromatic N) is 1. The molecular formula is C11H16BFN2O2. The van der Waals surface area contributed by atoms with E-state index in [1.54, 1.807) is 12.3 Å². The largest absolute Gasteiger partial charge is 0.525 e. The Kier molecular flexibility index (Phi) is 2.87. The minimum absolute atomic E-state index is 0.465. The van der Waals surface area contributed by atoms with E-state index < -0.39 is 24.0 Å². The summed E-state index contributed by atoms with van der Waals surface area (Å²) in [6.45, 7) is 7.54. The molecule has 0 atom stereocenters. The lowest BCUT2D eigenvalue weighted by molar-refractivity contribution is 0.00578. The predicted octanol–water partition coefficient (Wildman–Crippen LogP) is 2.35. The van der Waals surface area contributed by atoms with Gasteiger partial charge >= 0.3 is 7.12 Å². The predicted molar refractivity (Wildman–Crippen MR) is 63.8 cm³/mol. The van der Waals surface area contributed by atoms with Crippen LogP contribution in [0, 0.1) is 0 Å². The van der Waals surface area contributed by atoms with Gasteiger partial charge in [-0.15, -0.1) is 0 Å². The average Bonchev–Trinajstić information content (AvgIpc) is 2.74. The number of hydrogen-bond acceptors (Lipinski definition) is 3. The Morgan fingerprint density at radius 3 is 2.41 bits per heavy atom. The van der Waals surface area contributed by atoms with Gasteiger partial charge < -0.3 is 9.31 Å². The molecule has 1 saturated heterocycles. The maximum atomic E-state index is 13.9. The highest BCUT2D eigenvalue weighted by molar-refractivity contribution is 6.54. The van der Waals surface area contributed by atoms with Crippen molar-refractivity contribution in [2.45, 2.75) is 38.9 Å². The van der Waals surface area contributed by atoms with Gasteiger partial charge in [-0.1, -0.05) is 0 Å². The van der Waals surface area contributed by atoms with Crippen LogP contribution >= 0.6 is 0 Å². The fourth-order valence-corrected chi connectivity index (χ4v) is 1.52. The summed E-state index contributed by atoms with van der Waals surface area (Å²) >= 11 is 0. The monoisotopic (exact) mass is 238 g/mol. The number of rotatable bonds is 2. The zero-order valence-corrected chi connectivity index (χ0v) is 10.5. The molecule has 0 amide bonds. The molecule has 0 bridgehead atoms. The molecule has 1 aromatic rings. The van der Waals surface area contributed by atoms with Crippen molar-refractivity contribution in [2.75, 3.05) is 0 Å². The molecule has 1 aliphatic heterocycles. The second-order valence-corrected chi connectivity index (χ2v) is 5.13. The van der Waals surface area contributed by atoms with Crippen molar-refractivity contribution in [3.05, 3.63) is 23.7 Å². The van der Waals surface area contributed by atoms with Crippen LogP contribution in [0.1, 0.15) is 33.4 Å². The lowest BCUT2D eigenvalue weighted by Gasteiger charge is -2.32. The Hall–Kier alpha value is -1.14. The smallest absolute Gasteiger partial charge is 0.398 e. The molecule has 4 nitrogen and oxygen atoms in total. The van der Waals surface area contributed by atoms with E-state index in [2.05, 4.69) is 10.2 Å². The van der Waals surface area contributed by atoms with E-state index in [1.807, 2.05) is 27.7 Å². The van der Waals surface area contributed by atoms with Crippen LogP contribution in [-0.4, -0.2) is 28.5 Å². The van der Waals surface area contributed by atoms with E-state index in [4.69, 9.17) is 9.31 Å². The third kappa shape index (κ3) is 2.28. The zero-order valence-electron chi connectivity index (χ0n) is 10.5. The van der Waals surface area contributed by atoms with Crippen molar-refractivity contribution in [3.8, 4) is 0 Å². The number of H-pyrrole nitrogens is 1. The fourth-order valence-electron chi connectivity index (χ4n) is 1.52. The summed E-state index contributed by atoms with van der Waals surface area (Å²) in [5, 5.41) is 6.40. The molecule has 17 heavy (non-hydrogen) atoms. The number of aromatic nitrogens is 2. The van der Waals surface area contributed by atoms with Crippen LogP contribution in [0.5, 0.6) is 0 Å². The van der Waals surface area contributed by atoms with Crippen molar-refractivity contribution >= 4 is 13.2 Å². The minimum Gasteiger partial charge on any atom is -0.398 e. The molecule has 1 aromatic heterocycles. The SMILES string of the molecule is CC1(C)OB(C(F)=Cc2ccn[nH]2)OC1(C)C. The standard InChI is InChI=1S/C11H16BFN2O2/c1-10(2)11(3,4)17-12(16-10)9(13)7-8-5-6-14-15-8/h5-7H,1-4H3,(H,14,15). The van der Waals surface area contributed by atoms with Gasteiger partial charge in [-0.3, -0.25) is 5.10 Å². The summed E-state index contributed by atoms with van der Waals surface area (Å²) in [5.41, 5.74) is -0.946. The molecule has 2 rings (SSSR count). The molecule has 1 N–H and O–H groups in total. The molecule has 0 aromatic carbocycles. The van der Waals surface area contributed by atoms with E-state index in [-0.39, 0.29) is 0 Å². The highest BCUT2D eigenvalue weighted by atomic mass is 19.1. The van der Waals surface area contributed by atoms with Gasteiger partial charge in [0.2, 0.25) is 0 Å². The topological polar surface area (TPSA) is 47.1 Å². The van der Waals surface area contributed by atoms with Crippen LogP contribution < -0.4 is 0 Å². The Labute approximate surface area is 100 Å². The van der Waals surface area contributed by atoms with Gasteiger partial charge in [0.15, 0.2) is 0 Å². The van der Waals surface area contributed by atoms with Crippen LogP contribution in [0.25, 0.3) is 6.08 Å². The van der Waals surface area contributed by atoms with Crippen molar-refractivity contribution in [3.63, 3.8) is 0 Å². The molecule has 1 aliphatic rings. The van der Waals surface area contributed by atoms with Crippen LogP contribution in [0.15, 0.2) is 18.0 Å². The first-order valence-corrected chi connectivity index (χ1v) is 5.54. The molecule has 0 spiro atoms. The summed E-state index contributed by atoms with van der Waals surface area (Å²) in [5.74, 6) is 0. The number of aromatic amines is 1. The maximum absolute atomic E-state index is 13.9. The average molecular weight is 238 g/mol. The van der Waals surface area contributed by atoms with Gasteiger partial charge in [-0.05, 0) is 39.8 Å². The first-order valence-electron chi connectivity index (χ1n) is 5.54. The van der Waals surface area contributed by atoms with Crippen LogP contribution in [0.3, 0.4) is 0 Å². The molecule has 92 valence electrons. The normalized spacial score (nSPS) is 23.1. The van der Waals surface area contributed by atoms with Crippen LogP contribution in [-0.2, 0) is 9.31 Å². The van der Waals surface area contributed by atoms with Crippen molar-refractivity contribution in [2.24, 2.45) is 0 Å². The zero-order chi connectivity index (χ0) is 12.7. The van der Waals surface area contributed by atoms with Gasteiger partial charge in [-0.25, -0.2) is 4.39 Å². The Morgan fingerprint density at radius 1 is 1.35 bits per heavy atom. The summed E-state index contributed by atoms with van der Waals surface area (Å²) in [6, 6.07) is 1.67.